The highest BCUT2D eigenvalue weighted by atomic mass is 32.2. The van der Waals surface area contributed by atoms with Crippen LogP contribution in [0.3, 0.4) is 0 Å². The van der Waals surface area contributed by atoms with Crippen LogP contribution in [0.25, 0.3) is 0 Å². The van der Waals surface area contributed by atoms with Crippen LogP contribution in [0.2, 0.25) is 0 Å². The first-order valence-corrected chi connectivity index (χ1v) is 8.11. The summed E-state index contributed by atoms with van der Waals surface area (Å²) in [4.78, 5) is 4.31. The zero-order valence-electron chi connectivity index (χ0n) is 12.5. The molecule has 1 aliphatic heterocycles. The zero-order valence-corrected chi connectivity index (χ0v) is 13.3. The number of nitrogens with one attached hydrogen (secondary N) is 1. The summed E-state index contributed by atoms with van der Waals surface area (Å²) >= 11 is 1.59. The van der Waals surface area contributed by atoms with Gasteiger partial charge in [0.1, 0.15) is 23.4 Å². The number of benzene rings is 1. The van der Waals surface area contributed by atoms with Gasteiger partial charge in [0.15, 0.2) is 0 Å². The molecular weight excluding hydrogens is 286 g/mol. The van der Waals surface area contributed by atoms with Gasteiger partial charge in [0.05, 0.1) is 6.61 Å². The minimum Gasteiger partial charge on any atom is -0.494 e. The molecule has 21 heavy (non-hydrogen) atoms. The minimum absolute atomic E-state index is 0.244. The second kappa shape index (κ2) is 5.97. The van der Waals surface area contributed by atoms with Crippen molar-refractivity contribution in [2.24, 2.45) is 0 Å². The molecule has 0 fully saturated rings. The van der Waals surface area contributed by atoms with Crippen LogP contribution in [0.5, 0.6) is 11.5 Å². The number of hydrogen-bond donors (Lipinski definition) is 1. The minimum atomic E-state index is 0.244. The largest absolute Gasteiger partial charge is 0.494 e. The summed E-state index contributed by atoms with van der Waals surface area (Å²) < 4.78 is 11.6. The molecule has 0 bridgehead atoms. The Balaban J connectivity index is 1.81. The van der Waals surface area contributed by atoms with Crippen LogP contribution in [0.15, 0.2) is 17.3 Å². The van der Waals surface area contributed by atoms with Crippen LogP contribution in [-0.2, 0) is 12.2 Å². The fourth-order valence-electron chi connectivity index (χ4n) is 2.41. The molecule has 1 unspecified atom stereocenters. The van der Waals surface area contributed by atoms with Crippen molar-refractivity contribution >= 4 is 11.8 Å². The number of aromatic nitrogens is 3. The quantitative estimate of drug-likeness (QED) is 0.860. The smallest absolute Gasteiger partial charge is 0.208 e. The number of H-pyrrole nitrogens is 1. The lowest BCUT2D eigenvalue weighted by Crippen LogP contribution is -2.05. The van der Waals surface area contributed by atoms with E-state index >= 15 is 0 Å². The number of rotatable bonds is 5. The average molecular weight is 305 g/mol. The molecule has 112 valence electrons. The van der Waals surface area contributed by atoms with E-state index in [-0.39, 0.29) is 6.10 Å². The first-order chi connectivity index (χ1) is 10.2. The second-order valence-electron chi connectivity index (χ2n) is 5.13. The van der Waals surface area contributed by atoms with Gasteiger partial charge in [0.2, 0.25) is 5.16 Å². The fourth-order valence-corrected chi connectivity index (χ4v) is 3.24. The molecule has 1 atom stereocenters. The Morgan fingerprint density at radius 1 is 1.48 bits per heavy atom. The van der Waals surface area contributed by atoms with E-state index in [1.54, 1.807) is 11.8 Å². The van der Waals surface area contributed by atoms with Gasteiger partial charge in [-0.2, -0.15) is 0 Å². The number of fused-ring (bicyclic) bond motifs is 1. The lowest BCUT2D eigenvalue weighted by molar-refractivity contribution is 0.254. The first kappa shape index (κ1) is 14.3. The van der Waals surface area contributed by atoms with Gasteiger partial charge in [0, 0.05) is 23.3 Å². The molecule has 5 nitrogen and oxygen atoms in total. The molecule has 0 saturated heterocycles. The van der Waals surface area contributed by atoms with Crippen molar-refractivity contribution in [2.45, 2.75) is 44.2 Å². The van der Waals surface area contributed by atoms with Crippen LogP contribution < -0.4 is 9.47 Å². The Labute approximate surface area is 128 Å². The van der Waals surface area contributed by atoms with Gasteiger partial charge in [-0.1, -0.05) is 11.8 Å². The van der Waals surface area contributed by atoms with Crippen molar-refractivity contribution in [3.05, 3.63) is 29.1 Å². The van der Waals surface area contributed by atoms with Gasteiger partial charge in [-0.05, 0) is 32.9 Å². The van der Waals surface area contributed by atoms with Gasteiger partial charge < -0.3 is 9.47 Å². The van der Waals surface area contributed by atoms with E-state index in [2.05, 4.69) is 34.2 Å². The van der Waals surface area contributed by atoms with Crippen molar-refractivity contribution in [1.29, 1.82) is 0 Å². The third kappa shape index (κ3) is 3.15. The van der Waals surface area contributed by atoms with Crippen molar-refractivity contribution < 1.29 is 9.47 Å². The van der Waals surface area contributed by atoms with E-state index in [1.807, 2.05) is 13.8 Å². The molecule has 0 aliphatic carbocycles. The lowest BCUT2D eigenvalue weighted by atomic mass is 10.1. The highest BCUT2D eigenvalue weighted by Gasteiger charge is 2.22. The third-order valence-electron chi connectivity index (χ3n) is 3.31. The number of aromatic amines is 1. The molecule has 0 amide bonds. The number of thioether (sulfide) groups is 1. The standard InChI is InChI=1S/C15H19N3O2S/c1-4-19-13-6-11-5-9(2)20-14(11)7-12(13)8-21-15-16-10(3)17-18-15/h6-7,9H,4-5,8H2,1-3H3,(H,16,17,18). The SMILES string of the molecule is CCOc1cc2c(cc1CSc1n[nH]c(C)n1)OC(C)C2. The number of nitrogens with zero attached hydrogens (tertiary/aromatic N) is 2. The predicted octanol–water partition coefficient (Wildman–Crippen LogP) is 3.13. The highest BCUT2D eigenvalue weighted by Crippen LogP contribution is 2.37. The maximum absolute atomic E-state index is 5.83. The van der Waals surface area contributed by atoms with E-state index in [0.29, 0.717) is 6.61 Å². The van der Waals surface area contributed by atoms with Gasteiger partial charge in [0.25, 0.3) is 0 Å². The molecule has 0 spiro atoms. The molecule has 6 heteroatoms. The average Bonchev–Trinajstić information content (AvgIpc) is 3.01. The molecule has 0 saturated carbocycles. The molecule has 3 rings (SSSR count). The summed E-state index contributed by atoms with van der Waals surface area (Å²) in [6.45, 7) is 6.65. The normalized spacial score (nSPS) is 16.6. The van der Waals surface area contributed by atoms with Crippen molar-refractivity contribution in [2.75, 3.05) is 6.61 Å². The molecule has 2 heterocycles. The Bertz CT molecular complexity index is 642. The molecule has 0 radical (unpaired) electrons. The van der Waals surface area contributed by atoms with E-state index in [1.165, 1.54) is 5.56 Å². The monoisotopic (exact) mass is 305 g/mol. The van der Waals surface area contributed by atoms with Gasteiger partial charge in [-0.3, -0.25) is 5.10 Å². The summed E-state index contributed by atoms with van der Waals surface area (Å²) in [6.07, 6.45) is 1.19. The van der Waals surface area contributed by atoms with Crippen molar-refractivity contribution in [3.63, 3.8) is 0 Å². The highest BCUT2D eigenvalue weighted by molar-refractivity contribution is 7.98. The lowest BCUT2D eigenvalue weighted by Gasteiger charge is -2.11. The topological polar surface area (TPSA) is 60.0 Å². The van der Waals surface area contributed by atoms with Crippen molar-refractivity contribution in [3.8, 4) is 11.5 Å². The number of ether oxygens (including phenoxy) is 2. The third-order valence-corrected chi connectivity index (χ3v) is 4.21. The molecule has 1 N–H and O–H groups in total. The van der Waals surface area contributed by atoms with E-state index in [0.717, 1.165) is 40.2 Å². The van der Waals surface area contributed by atoms with Crippen LogP contribution in [-0.4, -0.2) is 27.9 Å². The molecule has 1 aromatic heterocycles. The predicted molar refractivity (Wildman–Crippen MR) is 82.1 cm³/mol. The van der Waals surface area contributed by atoms with Crippen LogP contribution >= 0.6 is 11.8 Å². The Morgan fingerprint density at radius 2 is 2.33 bits per heavy atom. The van der Waals surface area contributed by atoms with Crippen LogP contribution in [0.1, 0.15) is 30.8 Å². The zero-order chi connectivity index (χ0) is 14.8. The second-order valence-corrected chi connectivity index (χ2v) is 6.07. The van der Waals surface area contributed by atoms with E-state index in [4.69, 9.17) is 9.47 Å². The van der Waals surface area contributed by atoms with E-state index < -0.39 is 0 Å². The number of hydrogen-bond acceptors (Lipinski definition) is 5. The first-order valence-electron chi connectivity index (χ1n) is 7.12. The molecule has 1 aliphatic rings. The van der Waals surface area contributed by atoms with Crippen LogP contribution in [0, 0.1) is 6.92 Å². The maximum Gasteiger partial charge on any atom is 0.208 e. The summed E-state index contributed by atoms with van der Waals surface area (Å²) in [5, 5.41) is 7.75. The van der Waals surface area contributed by atoms with Gasteiger partial charge >= 0.3 is 0 Å². The molecule has 2 aromatic rings. The Kier molecular flexibility index (Phi) is 4.05. The summed E-state index contributed by atoms with van der Waals surface area (Å²) in [5.41, 5.74) is 2.35. The van der Waals surface area contributed by atoms with E-state index in [9.17, 15) is 0 Å². The summed E-state index contributed by atoms with van der Waals surface area (Å²) in [5.74, 6) is 3.51. The van der Waals surface area contributed by atoms with Gasteiger partial charge in [-0.15, -0.1) is 5.10 Å². The summed E-state index contributed by atoms with van der Waals surface area (Å²) in [7, 11) is 0. The Hall–Kier alpha value is -1.69. The van der Waals surface area contributed by atoms with Crippen LogP contribution in [0.4, 0.5) is 0 Å². The maximum atomic E-state index is 5.83. The van der Waals surface area contributed by atoms with Crippen molar-refractivity contribution in [1.82, 2.24) is 15.2 Å². The summed E-state index contributed by atoms with van der Waals surface area (Å²) in [6, 6.07) is 4.21. The molecule has 1 aromatic carbocycles. The Morgan fingerprint density at radius 3 is 3.05 bits per heavy atom. The number of aryl methyl sites for hydroxylation is 1. The van der Waals surface area contributed by atoms with Gasteiger partial charge in [-0.25, -0.2) is 4.98 Å². The molecular formula is C15H19N3O2S. The fraction of sp³-hybridized carbons (Fsp3) is 0.467.